The first-order chi connectivity index (χ1) is 11.2. The van der Waals surface area contributed by atoms with E-state index in [0.29, 0.717) is 5.92 Å². The van der Waals surface area contributed by atoms with Crippen molar-refractivity contribution in [3.63, 3.8) is 0 Å². The van der Waals surface area contributed by atoms with Crippen molar-refractivity contribution in [3.8, 4) is 0 Å². The molecule has 0 heterocycles. The maximum absolute atomic E-state index is 14.0. The van der Waals surface area contributed by atoms with Gasteiger partial charge in [0.15, 0.2) is 0 Å². The van der Waals surface area contributed by atoms with E-state index in [9.17, 15) is 8.78 Å². The van der Waals surface area contributed by atoms with Crippen molar-refractivity contribution in [2.45, 2.75) is 77.0 Å². The van der Waals surface area contributed by atoms with Crippen LogP contribution in [0.2, 0.25) is 0 Å². The lowest BCUT2D eigenvalue weighted by Crippen LogP contribution is -2.25. The van der Waals surface area contributed by atoms with Gasteiger partial charge in [-0.25, -0.2) is 8.78 Å². The van der Waals surface area contributed by atoms with Gasteiger partial charge in [0.05, 0.1) is 0 Å². The molecule has 0 saturated heterocycles. The van der Waals surface area contributed by atoms with E-state index < -0.39 is 5.82 Å². The molecule has 1 aromatic rings. The summed E-state index contributed by atoms with van der Waals surface area (Å²) in [5.74, 6) is 2.20. The number of hydrogen-bond donors (Lipinski definition) is 0. The number of halogens is 2. The van der Waals surface area contributed by atoms with E-state index in [2.05, 4.69) is 6.92 Å². The largest absolute Gasteiger partial charge is 0.207 e. The van der Waals surface area contributed by atoms with Crippen molar-refractivity contribution in [2.24, 2.45) is 17.8 Å². The Kier molecular flexibility index (Phi) is 5.71. The Morgan fingerprint density at radius 3 is 2.04 bits per heavy atom. The van der Waals surface area contributed by atoms with Crippen LogP contribution in [0.5, 0.6) is 0 Å². The molecule has 0 spiro atoms. The molecule has 2 aliphatic carbocycles. The summed E-state index contributed by atoms with van der Waals surface area (Å²) >= 11 is 0. The Morgan fingerprint density at radius 1 is 0.870 bits per heavy atom. The van der Waals surface area contributed by atoms with Crippen LogP contribution in [-0.2, 0) is 0 Å². The predicted octanol–water partition coefficient (Wildman–Crippen LogP) is 6.85. The second-order valence-electron chi connectivity index (χ2n) is 7.85. The molecule has 2 saturated carbocycles. The molecule has 3 rings (SSSR count). The fraction of sp³-hybridized carbons (Fsp3) is 0.714. The molecule has 0 bridgehead atoms. The second kappa shape index (κ2) is 7.77. The van der Waals surface area contributed by atoms with Gasteiger partial charge < -0.3 is 0 Å². The normalized spacial score (nSPS) is 32.0. The van der Waals surface area contributed by atoms with Gasteiger partial charge in [-0.3, -0.25) is 0 Å². The van der Waals surface area contributed by atoms with Crippen LogP contribution in [0.15, 0.2) is 18.2 Å². The lowest BCUT2D eigenvalue weighted by atomic mass is 9.68. The monoisotopic (exact) mass is 320 g/mol. The molecule has 0 unspecified atom stereocenters. The van der Waals surface area contributed by atoms with Crippen molar-refractivity contribution in [1.29, 1.82) is 0 Å². The Labute approximate surface area is 139 Å². The van der Waals surface area contributed by atoms with Crippen LogP contribution < -0.4 is 0 Å². The zero-order valence-electron chi connectivity index (χ0n) is 14.4. The van der Waals surface area contributed by atoms with Gasteiger partial charge in [0.1, 0.15) is 11.6 Å². The topological polar surface area (TPSA) is 0 Å². The highest BCUT2D eigenvalue weighted by Crippen LogP contribution is 2.44. The van der Waals surface area contributed by atoms with Gasteiger partial charge in [0, 0.05) is 6.07 Å². The van der Waals surface area contributed by atoms with E-state index in [1.807, 2.05) is 0 Å². The van der Waals surface area contributed by atoms with Gasteiger partial charge in [0.2, 0.25) is 0 Å². The van der Waals surface area contributed by atoms with Crippen LogP contribution in [-0.4, -0.2) is 0 Å². The van der Waals surface area contributed by atoms with Crippen molar-refractivity contribution >= 4 is 0 Å². The minimum atomic E-state index is -0.469. The second-order valence-corrected chi connectivity index (χ2v) is 7.85. The molecule has 2 fully saturated rings. The highest BCUT2D eigenvalue weighted by atomic mass is 19.1. The molecular formula is C21H30F2. The third-order valence-corrected chi connectivity index (χ3v) is 6.43. The van der Waals surface area contributed by atoms with Crippen molar-refractivity contribution < 1.29 is 8.78 Å². The summed E-state index contributed by atoms with van der Waals surface area (Å²) in [5.41, 5.74) is 0.733. The van der Waals surface area contributed by atoms with E-state index in [4.69, 9.17) is 0 Å². The molecular weight excluding hydrogens is 290 g/mol. The van der Waals surface area contributed by atoms with E-state index in [-0.39, 0.29) is 5.82 Å². The predicted molar refractivity (Wildman–Crippen MR) is 91.4 cm³/mol. The van der Waals surface area contributed by atoms with E-state index in [0.717, 1.165) is 42.2 Å². The molecule has 128 valence electrons. The molecule has 2 heteroatoms. The Hall–Kier alpha value is -0.920. The maximum Gasteiger partial charge on any atom is 0.129 e. The van der Waals surface area contributed by atoms with E-state index in [1.165, 1.54) is 57.4 Å². The molecule has 0 N–H and O–H groups in total. The highest BCUT2D eigenvalue weighted by Gasteiger charge is 2.31. The molecule has 0 nitrogen and oxygen atoms in total. The van der Waals surface area contributed by atoms with Crippen LogP contribution in [0.4, 0.5) is 8.78 Å². The van der Waals surface area contributed by atoms with E-state index in [1.54, 1.807) is 6.07 Å². The fourth-order valence-corrected chi connectivity index (χ4v) is 5.09. The third-order valence-electron chi connectivity index (χ3n) is 6.43. The van der Waals surface area contributed by atoms with E-state index >= 15 is 0 Å². The highest BCUT2D eigenvalue weighted by molar-refractivity contribution is 5.23. The molecule has 0 aromatic heterocycles. The summed E-state index contributed by atoms with van der Waals surface area (Å²) in [6, 6.07) is 4.10. The molecule has 23 heavy (non-hydrogen) atoms. The molecule has 0 radical (unpaired) electrons. The van der Waals surface area contributed by atoms with Gasteiger partial charge in [-0.1, -0.05) is 38.7 Å². The van der Waals surface area contributed by atoms with Crippen LogP contribution in [0, 0.1) is 29.4 Å². The molecule has 1 aromatic carbocycles. The van der Waals surface area contributed by atoms with Crippen LogP contribution in [0.3, 0.4) is 0 Å². The van der Waals surface area contributed by atoms with Gasteiger partial charge in [-0.05, 0) is 73.8 Å². The van der Waals surface area contributed by atoms with Crippen LogP contribution in [0.1, 0.15) is 82.6 Å². The summed E-state index contributed by atoms with van der Waals surface area (Å²) in [6.07, 6.45) is 13.0. The fourth-order valence-electron chi connectivity index (χ4n) is 5.09. The summed E-state index contributed by atoms with van der Waals surface area (Å²) in [7, 11) is 0. The first-order valence-electron chi connectivity index (χ1n) is 9.62. The molecule has 0 aliphatic heterocycles. The van der Waals surface area contributed by atoms with Gasteiger partial charge >= 0.3 is 0 Å². The SMILES string of the molecule is CCC[C@H]1CC[C@H]([C@H]2CC[C@H](c3ccc(F)cc3F)CC2)CC1. The molecule has 0 atom stereocenters. The van der Waals surface area contributed by atoms with Crippen LogP contribution in [0.25, 0.3) is 0 Å². The van der Waals surface area contributed by atoms with Crippen molar-refractivity contribution in [2.75, 3.05) is 0 Å². The first-order valence-corrected chi connectivity index (χ1v) is 9.62. The van der Waals surface area contributed by atoms with Crippen molar-refractivity contribution in [3.05, 3.63) is 35.4 Å². The maximum atomic E-state index is 14.0. The summed E-state index contributed by atoms with van der Waals surface area (Å²) in [5, 5.41) is 0. The molecule has 0 amide bonds. The van der Waals surface area contributed by atoms with Crippen molar-refractivity contribution in [1.82, 2.24) is 0 Å². The average Bonchev–Trinajstić information content (AvgIpc) is 2.56. The number of benzene rings is 1. The lowest BCUT2D eigenvalue weighted by Gasteiger charge is -2.38. The zero-order valence-corrected chi connectivity index (χ0v) is 14.4. The Morgan fingerprint density at radius 2 is 1.48 bits per heavy atom. The van der Waals surface area contributed by atoms with Gasteiger partial charge in [-0.15, -0.1) is 0 Å². The third kappa shape index (κ3) is 4.14. The van der Waals surface area contributed by atoms with Gasteiger partial charge in [0.25, 0.3) is 0 Å². The summed E-state index contributed by atoms with van der Waals surface area (Å²) < 4.78 is 27.0. The minimum absolute atomic E-state index is 0.295. The lowest BCUT2D eigenvalue weighted by molar-refractivity contribution is 0.156. The summed E-state index contributed by atoms with van der Waals surface area (Å²) in [6.45, 7) is 2.29. The molecule has 2 aliphatic rings. The number of rotatable bonds is 4. The number of hydrogen-bond acceptors (Lipinski definition) is 0. The Bertz CT molecular complexity index is 495. The van der Waals surface area contributed by atoms with Crippen LogP contribution >= 0.6 is 0 Å². The average molecular weight is 320 g/mol. The Balaban J connectivity index is 1.51. The first kappa shape index (κ1) is 16.9. The smallest absolute Gasteiger partial charge is 0.129 e. The zero-order chi connectivity index (χ0) is 16.2. The minimum Gasteiger partial charge on any atom is -0.207 e. The standard InChI is InChI=1S/C21H30F2/c1-2-3-15-4-6-16(7-5-15)17-8-10-18(11-9-17)20-13-12-19(22)14-21(20)23/h12-18H,2-11H2,1H3/t15-,16-,17-,18-. The summed E-state index contributed by atoms with van der Waals surface area (Å²) in [4.78, 5) is 0. The van der Waals surface area contributed by atoms with Gasteiger partial charge in [-0.2, -0.15) is 0 Å². The quantitative estimate of drug-likeness (QED) is 0.569.